The molecule has 1 N–H and O–H groups in total. The van der Waals surface area contributed by atoms with E-state index in [4.69, 9.17) is 19.6 Å². The number of carbonyl (C=O) groups is 1. The van der Waals surface area contributed by atoms with E-state index in [1.165, 1.54) is 6.07 Å². The molecular formula is C29H42F2N4O4Si2. The molecule has 2 atom stereocenters. The van der Waals surface area contributed by atoms with Crippen LogP contribution in [0.2, 0.25) is 51.4 Å². The van der Waals surface area contributed by atoms with Gasteiger partial charge in [0.15, 0.2) is 5.82 Å². The smallest absolute Gasteiger partial charge is 0.335 e. The SMILES string of the molecule is CC12Cc3c(c(-c4nc5cc(C(=O)O)ccc5n4COCC[Si](C)(C)C)nn3COCC[Si](C)(C)C)CC1C2(F)F. The van der Waals surface area contributed by atoms with Crippen LogP contribution in [0.15, 0.2) is 18.2 Å². The van der Waals surface area contributed by atoms with Crippen molar-refractivity contribution in [1.29, 1.82) is 0 Å². The van der Waals surface area contributed by atoms with E-state index >= 15 is 0 Å². The Labute approximate surface area is 242 Å². The molecule has 3 aromatic rings. The van der Waals surface area contributed by atoms with Crippen molar-refractivity contribution in [3.8, 4) is 11.5 Å². The van der Waals surface area contributed by atoms with E-state index in [0.717, 1.165) is 23.3 Å². The van der Waals surface area contributed by atoms with Gasteiger partial charge in [-0.15, -0.1) is 0 Å². The zero-order valence-electron chi connectivity index (χ0n) is 25.2. The molecule has 0 amide bonds. The van der Waals surface area contributed by atoms with Gasteiger partial charge >= 0.3 is 5.97 Å². The number of rotatable bonds is 12. The molecule has 1 saturated carbocycles. The standard InChI is InChI=1S/C29H42F2N4O4Si2/c1-28-16-23-20(15-24(28)29(28,30)31)25(33-35(23)18-39-11-13-41(5,6)7)26-32-21-14-19(27(36)37)8-9-22(21)34(26)17-38-10-12-40(2,3)4/h8-9,14,24H,10-13,15-18H2,1-7H3,(H,36,37). The van der Waals surface area contributed by atoms with E-state index in [9.17, 15) is 18.7 Å². The Balaban J connectivity index is 1.55. The fourth-order valence-electron chi connectivity index (χ4n) is 5.69. The first-order valence-electron chi connectivity index (χ1n) is 14.4. The number of aromatic carboxylic acids is 1. The molecule has 12 heteroatoms. The van der Waals surface area contributed by atoms with Crippen molar-refractivity contribution in [2.24, 2.45) is 11.3 Å². The van der Waals surface area contributed by atoms with Gasteiger partial charge in [-0.05, 0) is 36.7 Å². The second-order valence-electron chi connectivity index (χ2n) is 14.3. The Bertz CT molecular complexity index is 1470. The van der Waals surface area contributed by atoms with Gasteiger partial charge in [0.2, 0.25) is 0 Å². The zero-order chi connectivity index (χ0) is 30.0. The minimum Gasteiger partial charge on any atom is -0.478 e. The molecule has 5 rings (SSSR count). The third-order valence-corrected chi connectivity index (χ3v) is 12.0. The quantitative estimate of drug-likeness (QED) is 0.185. The van der Waals surface area contributed by atoms with Crippen LogP contribution >= 0.6 is 0 Å². The van der Waals surface area contributed by atoms with E-state index in [2.05, 4.69) is 39.3 Å². The zero-order valence-corrected chi connectivity index (χ0v) is 27.2. The number of benzene rings is 1. The average molecular weight is 605 g/mol. The predicted molar refractivity (Wildman–Crippen MR) is 160 cm³/mol. The molecule has 2 unspecified atom stereocenters. The summed E-state index contributed by atoms with van der Waals surface area (Å²) in [5, 5.41) is 14.5. The second-order valence-corrected chi connectivity index (χ2v) is 25.6. The third-order valence-electron chi connectivity index (χ3n) is 8.63. The number of aromatic nitrogens is 4. The maximum absolute atomic E-state index is 15.0. The Morgan fingerprint density at radius 3 is 2.32 bits per heavy atom. The van der Waals surface area contributed by atoms with Crippen LogP contribution in [0.25, 0.3) is 22.6 Å². The van der Waals surface area contributed by atoms with Gasteiger partial charge in [-0.25, -0.2) is 23.2 Å². The maximum atomic E-state index is 15.0. The third kappa shape index (κ3) is 5.80. The first-order valence-corrected chi connectivity index (χ1v) is 21.8. The predicted octanol–water partition coefficient (Wildman–Crippen LogP) is 6.59. The summed E-state index contributed by atoms with van der Waals surface area (Å²) in [6.07, 6.45) is 0.434. The van der Waals surface area contributed by atoms with Crippen molar-refractivity contribution >= 4 is 33.2 Å². The molecule has 1 aromatic carbocycles. The number of ether oxygens (including phenoxy) is 2. The van der Waals surface area contributed by atoms with Crippen molar-refractivity contribution in [3.05, 3.63) is 35.0 Å². The Hall–Kier alpha value is -2.42. The highest BCUT2D eigenvalue weighted by molar-refractivity contribution is 6.76. The van der Waals surface area contributed by atoms with Crippen LogP contribution in [0.1, 0.15) is 28.5 Å². The topological polar surface area (TPSA) is 91.4 Å². The monoisotopic (exact) mass is 604 g/mol. The number of fused-ring (bicyclic) bond motifs is 3. The van der Waals surface area contributed by atoms with E-state index in [-0.39, 0.29) is 31.9 Å². The number of alkyl halides is 2. The fourth-order valence-corrected chi connectivity index (χ4v) is 7.20. The molecule has 0 spiro atoms. The van der Waals surface area contributed by atoms with Crippen LogP contribution in [0, 0.1) is 11.3 Å². The maximum Gasteiger partial charge on any atom is 0.335 e. The molecule has 41 heavy (non-hydrogen) atoms. The van der Waals surface area contributed by atoms with Gasteiger partial charge in [0.25, 0.3) is 5.92 Å². The van der Waals surface area contributed by atoms with Crippen molar-refractivity contribution < 1.29 is 28.2 Å². The van der Waals surface area contributed by atoms with Crippen molar-refractivity contribution in [3.63, 3.8) is 0 Å². The highest BCUT2D eigenvalue weighted by atomic mass is 28.3. The molecule has 8 nitrogen and oxygen atoms in total. The Morgan fingerprint density at radius 2 is 1.71 bits per heavy atom. The largest absolute Gasteiger partial charge is 0.478 e. The van der Waals surface area contributed by atoms with Crippen LogP contribution < -0.4 is 0 Å². The molecule has 2 heterocycles. The van der Waals surface area contributed by atoms with E-state index in [0.29, 0.717) is 35.8 Å². The molecule has 0 aliphatic heterocycles. The number of nitrogens with zero attached hydrogens (tertiary/aromatic N) is 4. The highest BCUT2D eigenvalue weighted by Crippen LogP contribution is 2.70. The summed E-state index contributed by atoms with van der Waals surface area (Å²) < 4.78 is 45.7. The minimum absolute atomic E-state index is 0.130. The summed E-state index contributed by atoms with van der Waals surface area (Å²) in [6.45, 7) is 17.0. The normalized spacial score (nSPS) is 21.6. The molecule has 2 aromatic heterocycles. The summed E-state index contributed by atoms with van der Waals surface area (Å²) in [7, 11) is -2.61. The van der Waals surface area contributed by atoms with Crippen LogP contribution in [-0.4, -0.2) is 65.7 Å². The van der Waals surface area contributed by atoms with Crippen molar-refractivity contribution in [2.45, 2.75) is 90.5 Å². The first-order chi connectivity index (χ1) is 19.0. The Kier molecular flexibility index (Phi) is 7.62. The number of carboxylic acids is 1. The fraction of sp³-hybridized carbons (Fsp3) is 0.621. The molecule has 0 saturated heterocycles. The van der Waals surface area contributed by atoms with Crippen LogP contribution in [0.4, 0.5) is 8.78 Å². The lowest BCUT2D eigenvalue weighted by molar-refractivity contribution is 0.0591. The summed E-state index contributed by atoms with van der Waals surface area (Å²) in [6, 6.07) is 6.80. The molecule has 1 fully saturated rings. The minimum atomic E-state index is -2.73. The van der Waals surface area contributed by atoms with Gasteiger partial charge in [0, 0.05) is 58.4 Å². The van der Waals surface area contributed by atoms with E-state index in [1.807, 2.05) is 4.57 Å². The highest BCUT2D eigenvalue weighted by Gasteiger charge is 2.78. The van der Waals surface area contributed by atoms with Gasteiger partial charge in [-0.3, -0.25) is 4.57 Å². The molecular weight excluding hydrogens is 563 g/mol. The van der Waals surface area contributed by atoms with E-state index in [1.54, 1.807) is 23.7 Å². The van der Waals surface area contributed by atoms with Crippen LogP contribution in [0.3, 0.4) is 0 Å². The van der Waals surface area contributed by atoms with Gasteiger partial charge in [-0.2, -0.15) is 5.10 Å². The average Bonchev–Trinajstić information content (AvgIpc) is 3.16. The first kappa shape index (κ1) is 30.1. The Morgan fingerprint density at radius 1 is 1.07 bits per heavy atom. The second kappa shape index (κ2) is 10.4. The van der Waals surface area contributed by atoms with Crippen molar-refractivity contribution in [1.82, 2.24) is 19.3 Å². The lowest BCUT2D eigenvalue weighted by atomic mass is 9.87. The number of hydrogen-bond donors (Lipinski definition) is 1. The van der Waals surface area contributed by atoms with Gasteiger partial charge in [-0.1, -0.05) is 46.2 Å². The van der Waals surface area contributed by atoms with E-state index < -0.39 is 39.4 Å². The van der Waals surface area contributed by atoms with Crippen molar-refractivity contribution in [2.75, 3.05) is 13.2 Å². The summed E-state index contributed by atoms with van der Waals surface area (Å²) >= 11 is 0. The molecule has 0 radical (unpaired) electrons. The van der Waals surface area contributed by atoms with Gasteiger partial charge < -0.3 is 14.6 Å². The lowest BCUT2D eigenvalue weighted by Gasteiger charge is -2.19. The summed E-state index contributed by atoms with van der Waals surface area (Å²) in [5.41, 5.74) is 2.35. The molecule has 224 valence electrons. The number of imidazole rings is 1. The number of carboxylic acid groups (broad SMARTS) is 1. The van der Waals surface area contributed by atoms with Crippen LogP contribution in [0.5, 0.6) is 0 Å². The molecule has 2 aliphatic rings. The lowest BCUT2D eigenvalue weighted by Crippen LogP contribution is -2.23. The number of hydrogen-bond acceptors (Lipinski definition) is 5. The summed E-state index contributed by atoms with van der Waals surface area (Å²) in [4.78, 5) is 16.5. The van der Waals surface area contributed by atoms with Crippen LogP contribution in [-0.2, 0) is 35.8 Å². The molecule has 2 aliphatic carbocycles. The molecule has 0 bridgehead atoms. The number of halogens is 2. The van der Waals surface area contributed by atoms with Gasteiger partial charge in [0.1, 0.15) is 19.2 Å². The summed E-state index contributed by atoms with van der Waals surface area (Å²) in [5.74, 6) is -4.01. The van der Waals surface area contributed by atoms with Gasteiger partial charge in [0.05, 0.1) is 16.6 Å².